The van der Waals surface area contributed by atoms with Crippen LogP contribution in [0.3, 0.4) is 0 Å². The first-order valence-corrected chi connectivity index (χ1v) is 6.17. The second-order valence-electron chi connectivity index (χ2n) is 3.07. The SMILES string of the molecule is CC.CC.Cc1nnnc2c(C(F)F)cc(F)cc12. The molecule has 1 aromatic heterocycles. The zero-order valence-corrected chi connectivity index (χ0v) is 11.7. The van der Waals surface area contributed by atoms with Gasteiger partial charge in [0.05, 0.1) is 5.69 Å². The zero-order chi connectivity index (χ0) is 15.0. The maximum Gasteiger partial charge on any atom is 0.266 e. The van der Waals surface area contributed by atoms with E-state index in [1.54, 1.807) is 6.92 Å². The van der Waals surface area contributed by atoms with Gasteiger partial charge in [-0.2, -0.15) is 0 Å². The summed E-state index contributed by atoms with van der Waals surface area (Å²) in [6, 6.07) is 1.89. The molecule has 0 amide bonds. The second-order valence-corrected chi connectivity index (χ2v) is 3.07. The van der Waals surface area contributed by atoms with Crippen LogP contribution in [0, 0.1) is 12.7 Å². The molecule has 0 spiro atoms. The van der Waals surface area contributed by atoms with Crippen molar-refractivity contribution in [2.45, 2.75) is 41.0 Å². The van der Waals surface area contributed by atoms with E-state index in [2.05, 4.69) is 15.4 Å². The molecule has 0 aliphatic carbocycles. The number of benzene rings is 1. The van der Waals surface area contributed by atoms with Gasteiger partial charge in [-0.15, -0.1) is 10.2 Å². The summed E-state index contributed by atoms with van der Waals surface area (Å²) in [6.07, 6.45) is -2.78. The van der Waals surface area contributed by atoms with Crippen LogP contribution in [-0.4, -0.2) is 15.4 Å². The standard InChI is InChI=1S/C9H6F3N3.2C2H6/c1-4-6-2-5(10)3-7(9(11)12)8(6)14-15-13-4;2*1-2/h2-3,9H,1H3;2*1-2H3. The molecule has 1 heterocycles. The Morgan fingerprint density at radius 3 is 2.11 bits per heavy atom. The molecule has 0 aliphatic rings. The number of hydrogen-bond donors (Lipinski definition) is 0. The minimum atomic E-state index is -2.78. The quantitative estimate of drug-likeness (QED) is 0.769. The molecule has 106 valence electrons. The molecule has 1 aromatic carbocycles. The number of halogens is 3. The van der Waals surface area contributed by atoms with E-state index in [4.69, 9.17) is 0 Å². The molecule has 0 radical (unpaired) electrons. The van der Waals surface area contributed by atoms with Crippen molar-refractivity contribution in [3.8, 4) is 0 Å². The van der Waals surface area contributed by atoms with Gasteiger partial charge >= 0.3 is 0 Å². The van der Waals surface area contributed by atoms with Gasteiger partial charge in [0, 0.05) is 10.9 Å². The molecular formula is C13H18F3N3. The predicted molar refractivity (Wildman–Crippen MR) is 69.7 cm³/mol. The summed E-state index contributed by atoms with van der Waals surface area (Å²) < 4.78 is 38.1. The number of nitrogens with zero attached hydrogens (tertiary/aromatic N) is 3. The van der Waals surface area contributed by atoms with Crippen LogP contribution >= 0.6 is 0 Å². The number of fused-ring (bicyclic) bond motifs is 1. The van der Waals surface area contributed by atoms with Gasteiger partial charge in [-0.05, 0) is 24.3 Å². The summed E-state index contributed by atoms with van der Waals surface area (Å²) in [4.78, 5) is 0. The van der Waals surface area contributed by atoms with Gasteiger partial charge < -0.3 is 0 Å². The van der Waals surface area contributed by atoms with Crippen molar-refractivity contribution in [3.05, 3.63) is 29.2 Å². The fraction of sp³-hybridized carbons (Fsp3) is 0.462. The van der Waals surface area contributed by atoms with Gasteiger partial charge in [-0.1, -0.05) is 27.7 Å². The zero-order valence-electron chi connectivity index (χ0n) is 11.7. The number of aromatic nitrogens is 3. The third-order valence-corrected chi connectivity index (χ3v) is 2.07. The number of hydrogen-bond acceptors (Lipinski definition) is 3. The molecule has 0 bridgehead atoms. The van der Waals surface area contributed by atoms with Crippen molar-refractivity contribution in [1.82, 2.24) is 15.4 Å². The summed E-state index contributed by atoms with van der Waals surface area (Å²) >= 11 is 0. The van der Waals surface area contributed by atoms with Crippen molar-refractivity contribution < 1.29 is 13.2 Å². The minimum Gasteiger partial charge on any atom is -0.207 e. The Bertz CT molecular complexity index is 516. The lowest BCUT2D eigenvalue weighted by Crippen LogP contribution is -1.98. The average molecular weight is 273 g/mol. The maximum absolute atomic E-state index is 13.0. The van der Waals surface area contributed by atoms with Crippen molar-refractivity contribution in [1.29, 1.82) is 0 Å². The normalized spacial score (nSPS) is 9.53. The van der Waals surface area contributed by atoms with Crippen molar-refractivity contribution >= 4 is 10.9 Å². The molecule has 2 rings (SSSR count). The van der Waals surface area contributed by atoms with E-state index in [0.717, 1.165) is 12.1 Å². The van der Waals surface area contributed by atoms with Gasteiger partial charge in [0.25, 0.3) is 6.43 Å². The molecule has 0 unspecified atom stereocenters. The van der Waals surface area contributed by atoms with Crippen LogP contribution < -0.4 is 0 Å². The van der Waals surface area contributed by atoms with Crippen LogP contribution in [0.5, 0.6) is 0 Å². The van der Waals surface area contributed by atoms with Gasteiger partial charge in [0.15, 0.2) is 0 Å². The fourth-order valence-corrected chi connectivity index (χ4v) is 1.36. The lowest BCUT2D eigenvalue weighted by molar-refractivity contribution is 0.152. The highest BCUT2D eigenvalue weighted by atomic mass is 19.3. The van der Waals surface area contributed by atoms with Gasteiger partial charge in [0.1, 0.15) is 11.3 Å². The summed E-state index contributed by atoms with van der Waals surface area (Å²) in [5.41, 5.74) is -0.0803. The summed E-state index contributed by atoms with van der Waals surface area (Å²) in [5.74, 6) is -0.726. The topological polar surface area (TPSA) is 38.7 Å². The first-order chi connectivity index (χ1) is 9.09. The van der Waals surface area contributed by atoms with Crippen LogP contribution in [-0.2, 0) is 0 Å². The minimum absolute atomic E-state index is 0.00102. The Morgan fingerprint density at radius 2 is 1.58 bits per heavy atom. The Labute approximate surface area is 110 Å². The molecule has 6 heteroatoms. The summed E-state index contributed by atoms with van der Waals surface area (Å²) in [7, 11) is 0. The fourth-order valence-electron chi connectivity index (χ4n) is 1.36. The van der Waals surface area contributed by atoms with Crippen molar-refractivity contribution in [3.63, 3.8) is 0 Å². The molecule has 0 saturated carbocycles. The van der Waals surface area contributed by atoms with Crippen LogP contribution in [0.4, 0.5) is 13.2 Å². The van der Waals surface area contributed by atoms with E-state index in [-0.39, 0.29) is 10.9 Å². The Kier molecular flexibility index (Phi) is 7.63. The van der Waals surface area contributed by atoms with Crippen LogP contribution in [0.25, 0.3) is 10.9 Å². The van der Waals surface area contributed by atoms with Crippen LogP contribution in [0.15, 0.2) is 12.1 Å². The van der Waals surface area contributed by atoms with Gasteiger partial charge in [0.2, 0.25) is 0 Å². The largest absolute Gasteiger partial charge is 0.266 e. The van der Waals surface area contributed by atoms with Crippen LogP contribution in [0.1, 0.15) is 45.4 Å². The molecule has 0 atom stereocenters. The lowest BCUT2D eigenvalue weighted by Gasteiger charge is -2.05. The third kappa shape index (κ3) is 4.15. The van der Waals surface area contributed by atoms with E-state index in [1.807, 2.05) is 27.7 Å². The average Bonchev–Trinajstić information content (AvgIpc) is 2.43. The highest BCUT2D eigenvalue weighted by Crippen LogP contribution is 2.27. The van der Waals surface area contributed by atoms with Crippen LogP contribution in [0.2, 0.25) is 0 Å². The Morgan fingerprint density at radius 1 is 1.00 bits per heavy atom. The molecule has 3 nitrogen and oxygen atoms in total. The highest BCUT2D eigenvalue weighted by Gasteiger charge is 2.16. The van der Waals surface area contributed by atoms with Gasteiger partial charge in [-0.3, -0.25) is 0 Å². The van der Waals surface area contributed by atoms with Gasteiger partial charge in [-0.25, -0.2) is 13.2 Å². The lowest BCUT2D eigenvalue weighted by atomic mass is 10.1. The molecule has 0 saturated heterocycles. The van der Waals surface area contributed by atoms with E-state index in [0.29, 0.717) is 5.69 Å². The number of aryl methyl sites for hydroxylation is 1. The second kappa shape index (κ2) is 8.39. The van der Waals surface area contributed by atoms with E-state index >= 15 is 0 Å². The van der Waals surface area contributed by atoms with Crippen molar-refractivity contribution in [2.75, 3.05) is 0 Å². The van der Waals surface area contributed by atoms with E-state index < -0.39 is 17.8 Å². The van der Waals surface area contributed by atoms with Crippen molar-refractivity contribution in [2.24, 2.45) is 0 Å². The molecule has 2 aromatic rings. The monoisotopic (exact) mass is 273 g/mol. The maximum atomic E-state index is 13.0. The Hall–Kier alpha value is -1.72. The smallest absolute Gasteiger partial charge is 0.207 e. The first-order valence-electron chi connectivity index (χ1n) is 6.17. The highest BCUT2D eigenvalue weighted by molar-refractivity contribution is 5.83. The van der Waals surface area contributed by atoms with E-state index in [9.17, 15) is 13.2 Å². The molecule has 0 aliphatic heterocycles. The van der Waals surface area contributed by atoms with E-state index in [1.165, 1.54) is 0 Å². The number of rotatable bonds is 1. The summed E-state index contributed by atoms with van der Waals surface area (Å²) in [5, 5.41) is 10.7. The summed E-state index contributed by atoms with van der Waals surface area (Å²) in [6.45, 7) is 9.56. The number of alkyl halides is 2. The third-order valence-electron chi connectivity index (χ3n) is 2.07. The molecule has 19 heavy (non-hydrogen) atoms. The molecular weight excluding hydrogens is 255 g/mol. The Balaban J connectivity index is 0.000000741. The molecule has 0 N–H and O–H groups in total. The molecule has 0 fully saturated rings. The predicted octanol–water partition coefficient (Wildman–Crippen LogP) is 4.46. The first kappa shape index (κ1) is 17.3.